The van der Waals surface area contributed by atoms with Crippen LogP contribution in [0.2, 0.25) is 0 Å². The van der Waals surface area contributed by atoms with E-state index in [2.05, 4.69) is 10.3 Å². The number of sulfone groups is 1. The Labute approximate surface area is 176 Å². The second kappa shape index (κ2) is 8.59. The summed E-state index contributed by atoms with van der Waals surface area (Å²) in [6.45, 7) is 5.41. The topological polar surface area (TPSA) is 124 Å². The van der Waals surface area contributed by atoms with Crippen LogP contribution in [0.5, 0.6) is 0 Å². The first kappa shape index (κ1) is 22.0. The average Bonchev–Trinajstić information content (AvgIpc) is 2.64. The molecule has 2 heterocycles. The Kier molecular flexibility index (Phi) is 6.30. The highest BCUT2D eigenvalue weighted by molar-refractivity contribution is 7.91. The minimum Gasteiger partial charge on any atom is -0.393 e. The van der Waals surface area contributed by atoms with Crippen LogP contribution in [0.3, 0.4) is 0 Å². The number of anilines is 1. The SMILES string of the molecule is Cc1ccc(CNC(=O)Cn2c(C)cc(S(=O)(=O)CC3CCC3)c(N)c2=O)c(C)n1. The van der Waals surface area contributed by atoms with Crippen LogP contribution in [0.15, 0.2) is 27.9 Å². The maximum Gasteiger partial charge on any atom is 0.275 e. The van der Waals surface area contributed by atoms with Crippen LogP contribution in [0.4, 0.5) is 5.69 Å². The molecule has 3 N–H and O–H groups in total. The normalized spacial score (nSPS) is 14.4. The standard InChI is InChI=1S/C21H28N4O4S/c1-13-7-8-17(15(3)24-13)10-23-19(26)11-25-14(2)9-18(20(22)21(25)27)30(28,29)12-16-5-4-6-16/h7-9,16H,4-6,10-12,22H2,1-3H3,(H,23,26). The second-order valence-electron chi connectivity index (χ2n) is 8.01. The summed E-state index contributed by atoms with van der Waals surface area (Å²) in [5, 5.41) is 2.77. The van der Waals surface area contributed by atoms with Gasteiger partial charge in [0.2, 0.25) is 5.91 Å². The Balaban J connectivity index is 1.75. The van der Waals surface area contributed by atoms with E-state index in [4.69, 9.17) is 5.73 Å². The third kappa shape index (κ3) is 4.72. The van der Waals surface area contributed by atoms with Crippen molar-refractivity contribution in [2.75, 3.05) is 11.5 Å². The fourth-order valence-electron chi connectivity index (χ4n) is 3.57. The molecule has 2 aromatic rings. The number of pyridine rings is 2. The summed E-state index contributed by atoms with van der Waals surface area (Å²) in [7, 11) is -3.64. The van der Waals surface area contributed by atoms with E-state index in [-0.39, 0.29) is 41.3 Å². The van der Waals surface area contributed by atoms with Crippen molar-refractivity contribution in [2.45, 2.75) is 58.0 Å². The summed E-state index contributed by atoms with van der Waals surface area (Å²) < 4.78 is 26.6. The lowest BCUT2D eigenvalue weighted by Gasteiger charge is -2.25. The molecule has 0 radical (unpaired) electrons. The summed E-state index contributed by atoms with van der Waals surface area (Å²) in [6.07, 6.45) is 2.79. The van der Waals surface area contributed by atoms with Crippen LogP contribution >= 0.6 is 0 Å². The molecule has 9 heteroatoms. The molecule has 3 rings (SSSR count). The van der Waals surface area contributed by atoms with E-state index in [0.29, 0.717) is 5.69 Å². The lowest BCUT2D eigenvalue weighted by Crippen LogP contribution is -2.35. The summed E-state index contributed by atoms with van der Waals surface area (Å²) in [4.78, 5) is 29.3. The van der Waals surface area contributed by atoms with Gasteiger partial charge in [-0.3, -0.25) is 14.6 Å². The van der Waals surface area contributed by atoms with Crippen LogP contribution in [0.1, 0.15) is 41.9 Å². The first-order valence-electron chi connectivity index (χ1n) is 10.0. The Hall–Kier alpha value is -2.68. The fourth-order valence-corrected chi connectivity index (χ4v) is 5.47. The van der Waals surface area contributed by atoms with Gasteiger partial charge in [0.25, 0.3) is 5.56 Å². The smallest absolute Gasteiger partial charge is 0.275 e. The summed E-state index contributed by atoms with van der Waals surface area (Å²) in [5.74, 6) is -0.239. The second-order valence-corrected chi connectivity index (χ2v) is 10.0. The summed E-state index contributed by atoms with van der Waals surface area (Å²) in [5.41, 5.74) is 7.89. The quantitative estimate of drug-likeness (QED) is 0.685. The lowest BCUT2D eigenvalue weighted by atomic mass is 9.87. The third-order valence-electron chi connectivity index (χ3n) is 5.63. The number of aromatic nitrogens is 2. The van der Waals surface area contributed by atoms with Gasteiger partial charge >= 0.3 is 0 Å². The Morgan fingerprint density at radius 2 is 1.97 bits per heavy atom. The van der Waals surface area contributed by atoms with Crippen LogP contribution in [-0.4, -0.2) is 29.6 Å². The zero-order valence-electron chi connectivity index (χ0n) is 17.6. The fraction of sp³-hybridized carbons (Fsp3) is 0.476. The largest absolute Gasteiger partial charge is 0.393 e. The summed E-state index contributed by atoms with van der Waals surface area (Å²) in [6, 6.07) is 5.16. The van der Waals surface area contributed by atoms with Crippen molar-refractivity contribution in [2.24, 2.45) is 5.92 Å². The predicted octanol–water partition coefficient (Wildman–Crippen LogP) is 1.64. The number of nitrogens with one attached hydrogen (secondary N) is 1. The van der Waals surface area contributed by atoms with E-state index in [1.54, 1.807) is 6.92 Å². The van der Waals surface area contributed by atoms with Gasteiger partial charge in [-0.15, -0.1) is 0 Å². The molecule has 1 fully saturated rings. The van der Waals surface area contributed by atoms with Crippen LogP contribution in [-0.2, 0) is 27.7 Å². The van der Waals surface area contributed by atoms with Crippen molar-refractivity contribution < 1.29 is 13.2 Å². The molecule has 0 aliphatic heterocycles. The molecule has 8 nitrogen and oxygen atoms in total. The van der Waals surface area contributed by atoms with Gasteiger partial charge < -0.3 is 15.6 Å². The molecule has 30 heavy (non-hydrogen) atoms. The molecule has 0 atom stereocenters. The minimum atomic E-state index is -3.64. The van der Waals surface area contributed by atoms with Crippen LogP contribution in [0.25, 0.3) is 0 Å². The van der Waals surface area contributed by atoms with Gasteiger partial charge in [0.15, 0.2) is 9.84 Å². The van der Waals surface area contributed by atoms with Crippen molar-refractivity contribution in [3.05, 3.63) is 51.2 Å². The van der Waals surface area contributed by atoms with E-state index in [9.17, 15) is 18.0 Å². The molecule has 1 saturated carbocycles. The predicted molar refractivity (Wildman–Crippen MR) is 115 cm³/mol. The molecule has 2 aromatic heterocycles. The maximum absolute atomic E-state index is 12.7. The van der Waals surface area contributed by atoms with Crippen LogP contribution < -0.4 is 16.6 Å². The van der Waals surface area contributed by atoms with E-state index in [0.717, 1.165) is 36.2 Å². The summed E-state index contributed by atoms with van der Waals surface area (Å²) >= 11 is 0. The van der Waals surface area contributed by atoms with Crippen molar-refractivity contribution in [3.63, 3.8) is 0 Å². The molecule has 0 aromatic carbocycles. The van der Waals surface area contributed by atoms with Gasteiger partial charge in [-0.25, -0.2) is 8.42 Å². The Morgan fingerprint density at radius 1 is 1.27 bits per heavy atom. The van der Waals surface area contributed by atoms with Gasteiger partial charge in [0.1, 0.15) is 12.2 Å². The molecule has 0 bridgehead atoms. The van der Waals surface area contributed by atoms with E-state index < -0.39 is 15.4 Å². The first-order chi connectivity index (χ1) is 14.1. The van der Waals surface area contributed by atoms with E-state index >= 15 is 0 Å². The zero-order chi connectivity index (χ0) is 22.1. The molecule has 1 aliphatic carbocycles. The number of amides is 1. The first-order valence-corrected chi connectivity index (χ1v) is 11.7. The lowest BCUT2D eigenvalue weighted by molar-refractivity contribution is -0.121. The molecule has 1 amide bonds. The van der Waals surface area contributed by atoms with Gasteiger partial charge in [-0.2, -0.15) is 0 Å². The minimum absolute atomic E-state index is 0.00448. The highest BCUT2D eigenvalue weighted by Gasteiger charge is 2.29. The molecule has 1 aliphatic rings. The Bertz CT molecular complexity index is 1130. The van der Waals surface area contributed by atoms with Crippen molar-refractivity contribution in [1.29, 1.82) is 0 Å². The number of aryl methyl sites for hydroxylation is 3. The van der Waals surface area contributed by atoms with Crippen molar-refractivity contribution in [1.82, 2.24) is 14.9 Å². The van der Waals surface area contributed by atoms with Gasteiger partial charge in [0, 0.05) is 23.6 Å². The molecular weight excluding hydrogens is 404 g/mol. The molecule has 0 spiro atoms. The number of carbonyl (C=O) groups is 1. The van der Waals surface area contributed by atoms with Gasteiger partial charge in [-0.05, 0) is 57.2 Å². The zero-order valence-corrected chi connectivity index (χ0v) is 18.4. The van der Waals surface area contributed by atoms with Crippen LogP contribution in [0, 0.1) is 26.7 Å². The average molecular weight is 433 g/mol. The number of hydrogen-bond donors (Lipinski definition) is 2. The molecular formula is C21H28N4O4S. The maximum atomic E-state index is 12.7. The Morgan fingerprint density at radius 3 is 2.57 bits per heavy atom. The van der Waals surface area contributed by atoms with Crippen molar-refractivity contribution in [3.8, 4) is 0 Å². The third-order valence-corrected chi connectivity index (χ3v) is 7.55. The monoisotopic (exact) mass is 432 g/mol. The number of nitrogen functional groups attached to an aromatic ring is 1. The van der Waals surface area contributed by atoms with Crippen molar-refractivity contribution >= 4 is 21.4 Å². The molecule has 162 valence electrons. The van der Waals surface area contributed by atoms with E-state index in [1.165, 1.54) is 10.6 Å². The number of carbonyl (C=O) groups excluding carboxylic acids is 1. The van der Waals surface area contributed by atoms with E-state index in [1.807, 2.05) is 26.0 Å². The molecule has 0 saturated heterocycles. The number of nitrogens with zero attached hydrogens (tertiary/aromatic N) is 2. The highest BCUT2D eigenvalue weighted by Crippen LogP contribution is 2.30. The number of rotatable bonds is 7. The van der Waals surface area contributed by atoms with Gasteiger partial charge in [-0.1, -0.05) is 12.5 Å². The highest BCUT2D eigenvalue weighted by atomic mass is 32.2. The molecule has 0 unspecified atom stereocenters. The number of nitrogens with two attached hydrogens (primary N) is 1. The number of hydrogen-bond acceptors (Lipinski definition) is 6. The van der Waals surface area contributed by atoms with Gasteiger partial charge in [0.05, 0.1) is 10.6 Å².